The first kappa shape index (κ1) is 13.3. The van der Waals surface area contributed by atoms with E-state index >= 15 is 0 Å². The van der Waals surface area contributed by atoms with Crippen molar-refractivity contribution in [1.82, 2.24) is 9.97 Å². The van der Waals surface area contributed by atoms with Gasteiger partial charge in [-0.3, -0.25) is 4.99 Å². The van der Waals surface area contributed by atoms with Crippen molar-refractivity contribution in [2.24, 2.45) is 4.99 Å². The number of anilines is 1. The van der Waals surface area contributed by atoms with E-state index in [0.29, 0.717) is 0 Å². The zero-order valence-electron chi connectivity index (χ0n) is 10.2. The summed E-state index contributed by atoms with van der Waals surface area (Å²) in [5.41, 5.74) is 5.98. The molecule has 3 heterocycles. The van der Waals surface area contributed by atoms with Crippen LogP contribution in [0.5, 0.6) is 0 Å². The van der Waals surface area contributed by atoms with Gasteiger partial charge >= 0.3 is 6.08 Å². The first-order valence-electron chi connectivity index (χ1n) is 6.02. The van der Waals surface area contributed by atoms with Gasteiger partial charge in [-0.25, -0.2) is 4.98 Å². The fraction of sp³-hybridized carbons (Fsp3) is 0.545. The molecule has 0 aliphatic carbocycles. The van der Waals surface area contributed by atoms with Crippen LogP contribution < -0.4 is 5.73 Å². The van der Waals surface area contributed by atoms with Gasteiger partial charge in [-0.1, -0.05) is 0 Å². The van der Waals surface area contributed by atoms with Gasteiger partial charge in [0.25, 0.3) is 0 Å². The van der Waals surface area contributed by atoms with Crippen molar-refractivity contribution in [1.29, 1.82) is 0 Å². The Morgan fingerprint density at radius 3 is 2.70 bits per heavy atom. The van der Waals surface area contributed by atoms with Crippen LogP contribution in [0.15, 0.2) is 4.99 Å². The van der Waals surface area contributed by atoms with Crippen LogP contribution in [0.4, 0.5) is 15.9 Å². The maximum absolute atomic E-state index is 13.2. The van der Waals surface area contributed by atoms with E-state index in [4.69, 9.17) is 15.6 Å². The molecule has 0 spiro atoms. The summed E-state index contributed by atoms with van der Waals surface area (Å²) < 4.78 is 18.6. The van der Waals surface area contributed by atoms with Crippen LogP contribution >= 0.6 is 0 Å². The topological polar surface area (TPSA) is 134 Å². The van der Waals surface area contributed by atoms with Crippen molar-refractivity contribution in [3.8, 4) is 0 Å². The van der Waals surface area contributed by atoms with E-state index in [1.165, 1.54) is 6.21 Å². The largest absolute Gasteiger partial charge is 0.394 e. The van der Waals surface area contributed by atoms with Crippen molar-refractivity contribution in [3.05, 3.63) is 11.8 Å². The Balaban J connectivity index is 1.94. The molecule has 3 rings (SSSR count). The van der Waals surface area contributed by atoms with Gasteiger partial charge in [-0.05, 0) is 0 Å². The summed E-state index contributed by atoms with van der Waals surface area (Å²) in [5, 5.41) is 28.8. The van der Waals surface area contributed by atoms with E-state index in [1.807, 2.05) is 0 Å². The maximum Gasteiger partial charge on any atom is 0.310 e. The fourth-order valence-electron chi connectivity index (χ4n) is 2.52. The lowest BCUT2D eigenvalue weighted by atomic mass is 9.94. The van der Waals surface area contributed by atoms with Crippen LogP contribution in [0.3, 0.4) is 0 Å². The molecular weight excluding hydrogens is 271 g/mol. The Morgan fingerprint density at radius 2 is 2.05 bits per heavy atom. The van der Waals surface area contributed by atoms with Crippen molar-refractivity contribution in [2.45, 2.75) is 30.3 Å². The van der Waals surface area contributed by atoms with Gasteiger partial charge in [-0.2, -0.15) is 9.37 Å². The summed E-state index contributed by atoms with van der Waals surface area (Å²) in [4.78, 5) is 11.0. The first-order valence-corrected chi connectivity index (χ1v) is 6.02. The molecule has 2 aliphatic rings. The molecule has 0 aromatic carbocycles. The summed E-state index contributed by atoms with van der Waals surface area (Å²) in [5.74, 6) is -0.760. The SMILES string of the molecule is Nc1nc(F)nc2c1N=CC2C1OC(CO)C(O)C1O. The average Bonchev–Trinajstić information content (AvgIpc) is 2.93. The normalized spacial score (nSPS) is 35.5. The van der Waals surface area contributed by atoms with Crippen molar-refractivity contribution >= 4 is 17.7 Å². The molecule has 5 N–H and O–H groups in total. The molecule has 0 bridgehead atoms. The molecular formula is C11H13FN4O4. The Labute approximate surface area is 112 Å². The molecule has 0 amide bonds. The molecule has 20 heavy (non-hydrogen) atoms. The zero-order chi connectivity index (χ0) is 14.4. The molecule has 5 unspecified atom stereocenters. The highest BCUT2D eigenvalue weighted by atomic mass is 19.1. The van der Waals surface area contributed by atoms with E-state index < -0.39 is 43.0 Å². The number of nitrogen functional groups attached to an aromatic ring is 1. The van der Waals surface area contributed by atoms with Crippen LogP contribution in [-0.2, 0) is 4.74 Å². The highest BCUT2D eigenvalue weighted by molar-refractivity contribution is 5.84. The summed E-state index contributed by atoms with van der Waals surface area (Å²) in [7, 11) is 0. The number of ether oxygens (including phenoxy) is 1. The van der Waals surface area contributed by atoms with Crippen LogP contribution in [-0.4, -0.2) is 62.5 Å². The lowest BCUT2D eigenvalue weighted by molar-refractivity contribution is -0.0238. The van der Waals surface area contributed by atoms with Gasteiger partial charge < -0.3 is 25.8 Å². The Kier molecular flexibility index (Phi) is 3.13. The smallest absolute Gasteiger partial charge is 0.310 e. The number of nitrogens with two attached hydrogens (primary N) is 1. The van der Waals surface area contributed by atoms with E-state index in [9.17, 15) is 14.6 Å². The van der Waals surface area contributed by atoms with E-state index in [0.717, 1.165) is 0 Å². The van der Waals surface area contributed by atoms with Crippen molar-refractivity contribution in [3.63, 3.8) is 0 Å². The lowest BCUT2D eigenvalue weighted by Gasteiger charge is -2.19. The van der Waals surface area contributed by atoms with Crippen LogP contribution in [0.25, 0.3) is 0 Å². The highest BCUT2D eigenvalue weighted by Crippen LogP contribution is 2.40. The second kappa shape index (κ2) is 4.70. The molecule has 1 fully saturated rings. The third kappa shape index (κ3) is 1.86. The summed E-state index contributed by atoms with van der Waals surface area (Å²) in [6.07, 6.45) is -3.85. The second-order valence-electron chi connectivity index (χ2n) is 4.72. The van der Waals surface area contributed by atoms with Crippen molar-refractivity contribution < 1.29 is 24.4 Å². The molecule has 0 saturated carbocycles. The third-order valence-electron chi connectivity index (χ3n) is 3.52. The predicted octanol–water partition coefficient (Wildman–Crippen LogP) is -1.52. The first-order chi connectivity index (χ1) is 9.52. The van der Waals surface area contributed by atoms with Crippen LogP contribution in [0.2, 0.25) is 0 Å². The molecule has 2 aliphatic heterocycles. The molecule has 108 valence electrons. The van der Waals surface area contributed by atoms with E-state index in [2.05, 4.69) is 15.0 Å². The molecule has 0 radical (unpaired) electrons. The van der Waals surface area contributed by atoms with Gasteiger partial charge in [0.05, 0.1) is 18.2 Å². The Bertz CT molecular complexity index is 570. The number of hydrogen-bond acceptors (Lipinski definition) is 8. The summed E-state index contributed by atoms with van der Waals surface area (Å²) in [6, 6.07) is 0. The highest BCUT2D eigenvalue weighted by Gasteiger charge is 2.48. The van der Waals surface area contributed by atoms with E-state index in [1.54, 1.807) is 0 Å². The second-order valence-corrected chi connectivity index (χ2v) is 4.72. The number of aliphatic hydroxyl groups is 3. The maximum atomic E-state index is 13.2. The number of fused-ring (bicyclic) bond motifs is 1. The standard InChI is InChI=1S/C11H13FN4O4/c12-11-15-5-3(1-14-6(5)10(13)16-11)9-8(19)7(18)4(2-17)20-9/h1,3-4,7-9,17-19H,2H2,(H2,13,15,16). The predicted molar refractivity (Wildman–Crippen MR) is 65.1 cm³/mol. The molecule has 1 aromatic heterocycles. The lowest BCUT2D eigenvalue weighted by Crippen LogP contribution is -2.36. The molecule has 9 heteroatoms. The van der Waals surface area contributed by atoms with Crippen LogP contribution in [0, 0.1) is 6.08 Å². The minimum atomic E-state index is -1.24. The number of halogens is 1. The fourth-order valence-corrected chi connectivity index (χ4v) is 2.52. The molecule has 1 saturated heterocycles. The number of hydrogen-bond donors (Lipinski definition) is 4. The van der Waals surface area contributed by atoms with Gasteiger partial charge in [0.1, 0.15) is 30.1 Å². The summed E-state index contributed by atoms with van der Waals surface area (Å²) >= 11 is 0. The Hall–Kier alpha value is -1.68. The van der Waals surface area contributed by atoms with Crippen LogP contribution in [0.1, 0.15) is 11.6 Å². The molecule has 5 atom stereocenters. The van der Waals surface area contributed by atoms with Gasteiger partial charge in [0.15, 0.2) is 5.82 Å². The quantitative estimate of drug-likeness (QED) is 0.484. The summed E-state index contributed by atoms with van der Waals surface area (Å²) in [6.45, 7) is -0.439. The van der Waals surface area contributed by atoms with E-state index in [-0.39, 0.29) is 17.2 Å². The van der Waals surface area contributed by atoms with Gasteiger partial charge in [0.2, 0.25) is 0 Å². The van der Waals surface area contributed by atoms with Crippen molar-refractivity contribution in [2.75, 3.05) is 12.3 Å². The van der Waals surface area contributed by atoms with Gasteiger partial charge in [-0.15, -0.1) is 0 Å². The number of rotatable bonds is 2. The molecule has 8 nitrogen and oxygen atoms in total. The monoisotopic (exact) mass is 284 g/mol. The minimum absolute atomic E-state index is 0.0991. The number of aromatic nitrogens is 2. The Morgan fingerprint density at radius 1 is 1.30 bits per heavy atom. The average molecular weight is 284 g/mol. The van der Waals surface area contributed by atoms with Gasteiger partial charge in [0, 0.05) is 6.21 Å². The minimum Gasteiger partial charge on any atom is -0.394 e. The zero-order valence-corrected chi connectivity index (χ0v) is 10.2. The number of aliphatic imine (C=N–C) groups is 1. The third-order valence-corrected chi connectivity index (χ3v) is 3.52. The number of nitrogens with zero attached hydrogens (tertiary/aromatic N) is 3. The number of aliphatic hydroxyl groups excluding tert-OH is 3. The molecule has 1 aromatic rings.